The molecule has 0 radical (unpaired) electrons. The molecule has 0 unspecified atom stereocenters. The van der Waals surface area contributed by atoms with E-state index in [-0.39, 0.29) is 17.8 Å². The minimum atomic E-state index is -0.805. The summed E-state index contributed by atoms with van der Waals surface area (Å²) in [5.41, 5.74) is 10.8. The Bertz CT molecular complexity index is 1450. The predicted octanol–water partition coefficient (Wildman–Crippen LogP) is 3.96. The summed E-state index contributed by atoms with van der Waals surface area (Å²) in [6.45, 7) is 0.458. The number of pyridine rings is 3. The highest BCUT2D eigenvalue weighted by Gasteiger charge is 2.33. The average molecular weight is 476 g/mol. The summed E-state index contributed by atoms with van der Waals surface area (Å²) in [6, 6.07) is 5.01. The van der Waals surface area contributed by atoms with Gasteiger partial charge in [0.1, 0.15) is 23.1 Å². The Hall–Kier alpha value is -3.92. The van der Waals surface area contributed by atoms with Crippen LogP contribution >= 0.6 is 0 Å². The van der Waals surface area contributed by atoms with Gasteiger partial charge in [0.2, 0.25) is 0 Å². The van der Waals surface area contributed by atoms with E-state index in [0.29, 0.717) is 36.5 Å². The smallest absolute Gasteiger partial charge is 0.271 e. The highest BCUT2D eigenvalue weighted by Crippen LogP contribution is 2.36. The SMILES string of the molecule is Nc1nc2cc(C(=O)N(Cc3c(F)cncc3F)[C@@H]3CCCc4cccnc43)[nH]c2c2c1COC2. The van der Waals surface area contributed by atoms with Crippen LogP contribution in [0.3, 0.4) is 0 Å². The summed E-state index contributed by atoms with van der Waals surface area (Å²) in [7, 11) is 0. The highest BCUT2D eigenvalue weighted by molar-refractivity contribution is 5.98. The van der Waals surface area contributed by atoms with Crippen molar-refractivity contribution in [1.82, 2.24) is 24.8 Å². The number of H-pyrrole nitrogens is 1. The van der Waals surface area contributed by atoms with E-state index in [1.807, 2.05) is 12.1 Å². The molecule has 178 valence electrons. The van der Waals surface area contributed by atoms with Crippen LogP contribution < -0.4 is 5.73 Å². The van der Waals surface area contributed by atoms with Gasteiger partial charge in [-0.25, -0.2) is 13.8 Å². The number of nitrogens with one attached hydrogen (secondary N) is 1. The number of aryl methyl sites for hydroxylation is 1. The van der Waals surface area contributed by atoms with Crippen molar-refractivity contribution < 1.29 is 18.3 Å². The van der Waals surface area contributed by atoms with Crippen LogP contribution in [0, 0.1) is 11.6 Å². The average Bonchev–Trinajstić information content (AvgIpc) is 3.51. The van der Waals surface area contributed by atoms with Crippen LogP contribution in [0.15, 0.2) is 36.8 Å². The molecular formula is C25H22F2N6O2. The number of anilines is 1. The van der Waals surface area contributed by atoms with E-state index in [4.69, 9.17) is 10.5 Å². The van der Waals surface area contributed by atoms with Gasteiger partial charge in [-0.05, 0) is 37.0 Å². The molecule has 8 nitrogen and oxygen atoms in total. The normalized spacial score (nSPS) is 16.8. The van der Waals surface area contributed by atoms with Crippen LogP contribution in [0.2, 0.25) is 0 Å². The van der Waals surface area contributed by atoms with Crippen molar-refractivity contribution in [2.45, 2.75) is 45.1 Å². The molecule has 3 N–H and O–H groups in total. The van der Waals surface area contributed by atoms with Crippen LogP contribution in [-0.4, -0.2) is 30.7 Å². The monoisotopic (exact) mass is 476 g/mol. The van der Waals surface area contributed by atoms with Crippen molar-refractivity contribution in [1.29, 1.82) is 0 Å². The van der Waals surface area contributed by atoms with Gasteiger partial charge in [0.05, 0.1) is 54.9 Å². The Morgan fingerprint density at radius 3 is 2.86 bits per heavy atom. The van der Waals surface area contributed by atoms with Gasteiger partial charge < -0.3 is 20.4 Å². The van der Waals surface area contributed by atoms with E-state index in [0.717, 1.165) is 47.6 Å². The van der Waals surface area contributed by atoms with E-state index in [1.165, 1.54) is 4.90 Å². The number of hydrogen-bond donors (Lipinski definition) is 2. The molecule has 6 rings (SSSR count). The van der Waals surface area contributed by atoms with Gasteiger partial charge in [0, 0.05) is 22.9 Å². The number of ether oxygens (including phenoxy) is 1. The number of aromatic nitrogens is 4. The van der Waals surface area contributed by atoms with E-state index in [1.54, 1.807) is 12.3 Å². The van der Waals surface area contributed by atoms with Gasteiger partial charge in [-0.15, -0.1) is 0 Å². The molecule has 1 aliphatic heterocycles. The summed E-state index contributed by atoms with van der Waals surface area (Å²) in [5, 5.41) is 0. The first-order valence-electron chi connectivity index (χ1n) is 11.4. The van der Waals surface area contributed by atoms with E-state index in [2.05, 4.69) is 19.9 Å². The Kier molecular flexibility index (Phi) is 5.18. The summed E-state index contributed by atoms with van der Waals surface area (Å²) in [4.78, 5) is 31.1. The first kappa shape index (κ1) is 21.6. The molecule has 0 aromatic carbocycles. The topological polar surface area (TPSA) is 110 Å². The Morgan fingerprint density at radius 1 is 1.23 bits per heavy atom. The van der Waals surface area contributed by atoms with E-state index >= 15 is 0 Å². The molecular weight excluding hydrogens is 454 g/mol. The third-order valence-corrected chi connectivity index (χ3v) is 6.82. The molecule has 1 aliphatic carbocycles. The molecule has 0 spiro atoms. The number of nitrogens with two attached hydrogens (primary N) is 1. The number of nitrogens with zero attached hydrogens (tertiary/aromatic N) is 4. The van der Waals surface area contributed by atoms with Crippen LogP contribution in [0.1, 0.15) is 57.3 Å². The number of fused-ring (bicyclic) bond motifs is 4. The Balaban J connectivity index is 1.46. The molecule has 0 saturated carbocycles. The van der Waals surface area contributed by atoms with Crippen LogP contribution in [-0.2, 0) is 30.9 Å². The second-order valence-electron chi connectivity index (χ2n) is 8.86. The highest BCUT2D eigenvalue weighted by atomic mass is 19.1. The minimum Gasteiger partial charge on any atom is -0.383 e. The molecule has 0 fully saturated rings. The molecule has 4 aromatic rings. The molecule has 0 bridgehead atoms. The minimum absolute atomic E-state index is 0.218. The summed E-state index contributed by atoms with van der Waals surface area (Å²) in [6.07, 6.45) is 5.86. The standard InChI is InChI=1S/C25H22F2N6O2/c26-17-8-29-9-18(27)14(17)10-33(21-5-1-3-13-4-2-6-30-22(13)21)25(34)20-7-19-23(31-20)15-11-35-12-16(15)24(28)32-19/h2,4,6-9,21,31H,1,3,5,10-12H2,(H2,28,32)/t21-/m1/s1. The number of hydrogen-bond acceptors (Lipinski definition) is 6. The maximum Gasteiger partial charge on any atom is 0.271 e. The number of aromatic amines is 1. The first-order valence-corrected chi connectivity index (χ1v) is 11.4. The van der Waals surface area contributed by atoms with Crippen LogP contribution in [0.5, 0.6) is 0 Å². The fraction of sp³-hybridized carbons (Fsp3) is 0.280. The first-order chi connectivity index (χ1) is 17.0. The lowest BCUT2D eigenvalue weighted by atomic mass is 9.90. The van der Waals surface area contributed by atoms with Crippen molar-refractivity contribution in [2.24, 2.45) is 0 Å². The third kappa shape index (κ3) is 3.61. The number of halogens is 2. The quantitative estimate of drug-likeness (QED) is 0.461. The zero-order chi connectivity index (χ0) is 24.1. The summed E-state index contributed by atoms with van der Waals surface area (Å²) in [5.74, 6) is -1.65. The summed E-state index contributed by atoms with van der Waals surface area (Å²) >= 11 is 0. The third-order valence-electron chi connectivity index (χ3n) is 6.82. The van der Waals surface area contributed by atoms with Crippen molar-refractivity contribution in [2.75, 3.05) is 5.73 Å². The molecule has 35 heavy (non-hydrogen) atoms. The van der Waals surface area contributed by atoms with Gasteiger partial charge in [-0.1, -0.05) is 6.07 Å². The lowest BCUT2D eigenvalue weighted by Crippen LogP contribution is -2.37. The van der Waals surface area contributed by atoms with Gasteiger partial charge in [-0.2, -0.15) is 0 Å². The number of amides is 1. The molecule has 1 amide bonds. The fourth-order valence-electron chi connectivity index (χ4n) is 5.08. The summed E-state index contributed by atoms with van der Waals surface area (Å²) < 4.78 is 34.7. The lowest BCUT2D eigenvalue weighted by molar-refractivity contribution is 0.0622. The van der Waals surface area contributed by atoms with Crippen molar-refractivity contribution in [3.05, 3.63) is 82.1 Å². The van der Waals surface area contributed by atoms with E-state index < -0.39 is 23.6 Å². The fourth-order valence-corrected chi connectivity index (χ4v) is 5.08. The molecule has 10 heteroatoms. The van der Waals surface area contributed by atoms with Gasteiger partial charge in [0.15, 0.2) is 0 Å². The predicted molar refractivity (Wildman–Crippen MR) is 123 cm³/mol. The molecule has 4 aromatic heterocycles. The molecule has 1 atom stereocenters. The second-order valence-corrected chi connectivity index (χ2v) is 8.86. The largest absolute Gasteiger partial charge is 0.383 e. The zero-order valence-electron chi connectivity index (χ0n) is 18.7. The lowest BCUT2D eigenvalue weighted by Gasteiger charge is -2.35. The number of rotatable bonds is 4. The van der Waals surface area contributed by atoms with Gasteiger partial charge >= 0.3 is 0 Å². The van der Waals surface area contributed by atoms with Crippen molar-refractivity contribution in [3.8, 4) is 0 Å². The van der Waals surface area contributed by atoms with E-state index in [9.17, 15) is 13.6 Å². The van der Waals surface area contributed by atoms with Crippen molar-refractivity contribution in [3.63, 3.8) is 0 Å². The van der Waals surface area contributed by atoms with Gasteiger partial charge in [-0.3, -0.25) is 14.8 Å². The Labute approximate surface area is 199 Å². The Morgan fingerprint density at radius 2 is 2.03 bits per heavy atom. The molecule has 0 saturated heterocycles. The zero-order valence-corrected chi connectivity index (χ0v) is 18.7. The number of carbonyl (C=O) groups excluding carboxylic acids is 1. The maximum absolute atomic E-state index is 14.6. The van der Waals surface area contributed by atoms with Crippen LogP contribution in [0.25, 0.3) is 11.0 Å². The number of nitrogen functional groups attached to an aromatic ring is 1. The molecule has 2 aliphatic rings. The van der Waals surface area contributed by atoms with Crippen molar-refractivity contribution >= 4 is 22.8 Å². The second kappa shape index (κ2) is 8.38. The number of carbonyl (C=O) groups is 1. The maximum atomic E-state index is 14.6. The van der Waals surface area contributed by atoms with Crippen LogP contribution in [0.4, 0.5) is 14.6 Å². The van der Waals surface area contributed by atoms with Gasteiger partial charge in [0.25, 0.3) is 5.91 Å². The molecule has 5 heterocycles.